The largest absolute Gasteiger partial charge is 0.381 e. The minimum absolute atomic E-state index is 0.0110. The lowest BCUT2D eigenvalue weighted by Crippen LogP contribution is -2.45. The Morgan fingerprint density at radius 3 is 2.86 bits per heavy atom. The van der Waals surface area contributed by atoms with Crippen LogP contribution < -0.4 is 5.32 Å². The summed E-state index contributed by atoms with van der Waals surface area (Å²) in [6.45, 7) is 2.04. The molecule has 1 aromatic carbocycles. The molecule has 0 spiro atoms. The number of nitrogens with zero attached hydrogens (tertiary/aromatic N) is 4. The van der Waals surface area contributed by atoms with Crippen LogP contribution in [0.15, 0.2) is 33.9 Å². The Labute approximate surface area is 183 Å². The van der Waals surface area contributed by atoms with E-state index in [-0.39, 0.29) is 11.3 Å². The molecule has 1 saturated heterocycles. The number of ether oxygens (including phenoxy) is 1. The molecule has 1 aliphatic carbocycles. The molecule has 9 heteroatoms. The van der Waals surface area contributed by atoms with E-state index in [1.165, 1.54) is 30.2 Å². The monoisotopic (exact) mass is 479 g/mol. The van der Waals surface area contributed by atoms with Crippen LogP contribution in [0.1, 0.15) is 50.1 Å². The Morgan fingerprint density at radius 2 is 2.10 bits per heavy atom. The van der Waals surface area contributed by atoms with Gasteiger partial charge in [0.25, 0.3) is 0 Å². The molecule has 29 heavy (non-hydrogen) atoms. The molecule has 0 bridgehead atoms. The third kappa shape index (κ3) is 5.00. The normalized spacial score (nSPS) is 19.3. The number of halogens is 1. The number of hydrogen-bond donors (Lipinski definition) is 1. The van der Waals surface area contributed by atoms with Gasteiger partial charge in [0.1, 0.15) is 0 Å². The Hall–Kier alpha value is -1.45. The van der Waals surface area contributed by atoms with Crippen LogP contribution in [-0.2, 0) is 14.9 Å². The first-order valence-electron chi connectivity index (χ1n) is 10.2. The van der Waals surface area contributed by atoms with E-state index in [1.807, 2.05) is 10.7 Å². The Morgan fingerprint density at radius 1 is 1.31 bits per heavy atom. The summed E-state index contributed by atoms with van der Waals surface area (Å²) in [5, 5.41) is 16.0. The van der Waals surface area contributed by atoms with Gasteiger partial charge in [0, 0.05) is 29.6 Å². The summed E-state index contributed by atoms with van der Waals surface area (Å²) >= 11 is 4.99. The van der Waals surface area contributed by atoms with Crippen molar-refractivity contribution in [1.82, 2.24) is 25.5 Å². The molecule has 4 rings (SSSR count). The van der Waals surface area contributed by atoms with E-state index in [1.54, 1.807) is 0 Å². The van der Waals surface area contributed by atoms with Crippen LogP contribution in [0.25, 0.3) is 0 Å². The molecule has 2 aliphatic rings. The van der Waals surface area contributed by atoms with E-state index < -0.39 is 0 Å². The van der Waals surface area contributed by atoms with E-state index in [9.17, 15) is 4.79 Å². The number of carbonyl (C=O) groups excluding carboxylic acids is 1. The van der Waals surface area contributed by atoms with E-state index >= 15 is 0 Å². The number of tetrazole rings is 1. The molecule has 0 radical (unpaired) electrons. The fourth-order valence-electron chi connectivity index (χ4n) is 4.26. The van der Waals surface area contributed by atoms with Crippen molar-refractivity contribution in [3.63, 3.8) is 0 Å². The van der Waals surface area contributed by atoms with Gasteiger partial charge in [0.05, 0.1) is 11.8 Å². The summed E-state index contributed by atoms with van der Waals surface area (Å²) in [6.07, 6.45) is 6.46. The van der Waals surface area contributed by atoms with Gasteiger partial charge in [-0.25, -0.2) is 4.68 Å². The van der Waals surface area contributed by atoms with Crippen molar-refractivity contribution in [2.24, 2.45) is 0 Å². The second kappa shape index (κ2) is 9.57. The summed E-state index contributed by atoms with van der Waals surface area (Å²) < 4.78 is 8.54. The van der Waals surface area contributed by atoms with Gasteiger partial charge in [-0.15, -0.1) is 5.10 Å². The molecule has 1 saturated carbocycles. The molecule has 1 N–H and O–H groups in total. The number of benzene rings is 1. The van der Waals surface area contributed by atoms with Gasteiger partial charge in [-0.2, -0.15) is 0 Å². The first kappa shape index (κ1) is 20.8. The van der Waals surface area contributed by atoms with Crippen LogP contribution in [0.5, 0.6) is 0 Å². The number of aromatic nitrogens is 4. The fourth-order valence-corrected chi connectivity index (χ4v) is 5.43. The van der Waals surface area contributed by atoms with Gasteiger partial charge >= 0.3 is 0 Å². The molecular weight excluding hydrogens is 454 g/mol. The minimum atomic E-state index is -0.0895. The second-order valence-corrected chi connectivity index (χ2v) is 9.67. The summed E-state index contributed by atoms with van der Waals surface area (Å²) in [5.74, 6) is 0.329. The summed E-state index contributed by atoms with van der Waals surface area (Å²) in [4.78, 5) is 12.6. The molecule has 2 heterocycles. The molecule has 1 aliphatic heterocycles. The maximum absolute atomic E-state index is 12.6. The van der Waals surface area contributed by atoms with E-state index in [0.717, 1.165) is 35.3 Å². The van der Waals surface area contributed by atoms with E-state index in [4.69, 9.17) is 4.74 Å². The first-order valence-corrected chi connectivity index (χ1v) is 12.0. The molecule has 2 fully saturated rings. The van der Waals surface area contributed by atoms with Gasteiger partial charge in [-0.1, -0.05) is 52.7 Å². The highest BCUT2D eigenvalue weighted by Crippen LogP contribution is 2.35. The van der Waals surface area contributed by atoms with Crippen LogP contribution in [-0.4, -0.2) is 51.6 Å². The zero-order valence-corrected chi connectivity index (χ0v) is 18.8. The quantitative estimate of drug-likeness (QED) is 0.611. The molecule has 2 aromatic rings. The molecule has 0 atom stereocenters. The highest BCUT2D eigenvalue weighted by molar-refractivity contribution is 9.10. The van der Waals surface area contributed by atoms with Crippen molar-refractivity contribution in [2.75, 3.05) is 25.5 Å². The molecule has 7 nitrogen and oxygen atoms in total. The highest BCUT2D eigenvalue weighted by Gasteiger charge is 2.35. The fraction of sp³-hybridized carbons (Fsp3) is 0.600. The number of amides is 1. The van der Waals surface area contributed by atoms with E-state index in [0.29, 0.717) is 31.6 Å². The average Bonchev–Trinajstić information content (AvgIpc) is 3.43. The van der Waals surface area contributed by atoms with Crippen LogP contribution in [0.2, 0.25) is 0 Å². The van der Waals surface area contributed by atoms with Crippen LogP contribution in [0.3, 0.4) is 0 Å². The smallest absolute Gasteiger partial charge is 0.230 e. The van der Waals surface area contributed by atoms with Gasteiger partial charge in [-0.05, 0) is 53.8 Å². The Balaban J connectivity index is 1.36. The van der Waals surface area contributed by atoms with Crippen LogP contribution >= 0.6 is 27.7 Å². The zero-order chi connectivity index (χ0) is 20.1. The number of hydrogen-bond acceptors (Lipinski definition) is 6. The van der Waals surface area contributed by atoms with Gasteiger partial charge in [0.15, 0.2) is 0 Å². The molecule has 156 valence electrons. The Bertz CT molecular complexity index is 834. The predicted molar refractivity (Wildman–Crippen MR) is 115 cm³/mol. The van der Waals surface area contributed by atoms with Gasteiger partial charge < -0.3 is 10.1 Å². The summed E-state index contributed by atoms with van der Waals surface area (Å²) in [7, 11) is 0. The molecule has 1 aromatic heterocycles. The van der Waals surface area contributed by atoms with Crippen molar-refractivity contribution >= 4 is 33.6 Å². The lowest BCUT2D eigenvalue weighted by Gasteiger charge is -2.38. The lowest BCUT2D eigenvalue weighted by molar-refractivity contribution is -0.119. The maximum Gasteiger partial charge on any atom is 0.230 e. The third-order valence-electron chi connectivity index (χ3n) is 5.98. The van der Waals surface area contributed by atoms with Gasteiger partial charge in [-0.3, -0.25) is 4.79 Å². The number of rotatable bonds is 7. The summed E-state index contributed by atoms with van der Waals surface area (Å²) in [6, 6.07) is 8.75. The number of carbonyl (C=O) groups is 1. The van der Waals surface area contributed by atoms with Crippen molar-refractivity contribution < 1.29 is 9.53 Å². The third-order valence-corrected chi connectivity index (χ3v) is 7.40. The Kier molecular flexibility index (Phi) is 6.87. The number of nitrogens with one attached hydrogen (secondary N) is 1. The van der Waals surface area contributed by atoms with Crippen LogP contribution in [0.4, 0.5) is 0 Å². The molecule has 0 unspecified atom stereocenters. The maximum atomic E-state index is 12.6. The molecular formula is C20H26BrN5O2S. The van der Waals surface area contributed by atoms with Crippen molar-refractivity contribution in [3.05, 3.63) is 34.3 Å². The van der Waals surface area contributed by atoms with E-state index in [2.05, 4.69) is 55.0 Å². The van der Waals surface area contributed by atoms with Crippen molar-refractivity contribution in [2.45, 2.75) is 55.1 Å². The van der Waals surface area contributed by atoms with Crippen LogP contribution in [0, 0.1) is 0 Å². The minimum Gasteiger partial charge on any atom is -0.381 e. The SMILES string of the molecule is O=C(CSc1nnnn1C1CCCC1)NCC1(c2cccc(Br)c2)CCOCC1. The lowest BCUT2D eigenvalue weighted by atomic mass is 9.74. The molecule has 1 amide bonds. The van der Waals surface area contributed by atoms with Crippen molar-refractivity contribution in [3.8, 4) is 0 Å². The first-order chi connectivity index (χ1) is 14.2. The average molecular weight is 480 g/mol. The topological polar surface area (TPSA) is 81.9 Å². The second-order valence-electron chi connectivity index (χ2n) is 7.81. The standard InChI is InChI=1S/C20H26BrN5O2S/c21-16-5-3-4-15(12-16)20(8-10-28-11-9-20)14-22-18(27)13-29-19-23-24-25-26(19)17-6-1-2-7-17/h3-5,12,17H,1-2,6-11,13-14H2,(H,22,27). The zero-order valence-electron chi connectivity index (χ0n) is 16.3. The highest BCUT2D eigenvalue weighted by atomic mass is 79.9. The van der Waals surface area contributed by atoms with Gasteiger partial charge in [0.2, 0.25) is 11.1 Å². The number of thioether (sulfide) groups is 1. The van der Waals surface area contributed by atoms with Crippen molar-refractivity contribution in [1.29, 1.82) is 0 Å². The summed E-state index contributed by atoms with van der Waals surface area (Å²) in [5.41, 5.74) is 1.15. The predicted octanol–water partition coefficient (Wildman–Crippen LogP) is 3.51.